The molecule has 31 heavy (non-hydrogen) atoms. The van der Waals surface area contributed by atoms with Crippen molar-refractivity contribution in [3.63, 3.8) is 0 Å². The lowest BCUT2D eigenvalue weighted by Crippen LogP contribution is -2.54. The van der Waals surface area contributed by atoms with Crippen molar-refractivity contribution in [1.29, 1.82) is 0 Å². The first kappa shape index (κ1) is 18.9. The summed E-state index contributed by atoms with van der Waals surface area (Å²) >= 11 is 0. The second-order valence-electron chi connectivity index (χ2n) is 8.43. The molecule has 2 fully saturated rings. The van der Waals surface area contributed by atoms with Crippen LogP contribution >= 0.6 is 0 Å². The van der Waals surface area contributed by atoms with Crippen LogP contribution in [-0.2, 0) is 19.9 Å². The van der Waals surface area contributed by atoms with Crippen molar-refractivity contribution in [1.82, 2.24) is 10.1 Å². The molecular formula is C21H22FN5O4. The average molecular weight is 427 g/mol. The Kier molecular flexibility index (Phi) is 4.16. The fourth-order valence-electron chi connectivity index (χ4n) is 4.68. The highest BCUT2D eigenvalue weighted by atomic mass is 19.1. The zero-order chi connectivity index (χ0) is 21.2. The van der Waals surface area contributed by atoms with Crippen LogP contribution in [0, 0.1) is 5.82 Å². The standard InChI is InChI=1S/C21H22FN5O4/c1-29-21(6-7-21)20-24-18(31-25-20)16-17-19(28)26(10-13-3-2-8-30-13)15-9-12(22)4-5-14(15)27(17)11-23-16/h4-5,9,11,13,16-17H,2-3,6-8,10H2,1H3. The number of anilines is 2. The maximum Gasteiger partial charge on any atom is 0.254 e. The van der Waals surface area contributed by atoms with Crippen molar-refractivity contribution in [3.8, 4) is 0 Å². The molecule has 0 N–H and O–H groups in total. The van der Waals surface area contributed by atoms with E-state index in [1.54, 1.807) is 29.3 Å². The van der Waals surface area contributed by atoms with Crippen LogP contribution in [0.15, 0.2) is 27.7 Å². The van der Waals surface area contributed by atoms with E-state index in [0.717, 1.165) is 25.7 Å². The molecule has 1 aliphatic carbocycles. The normalized spacial score (nSPS) is 28.2. The van der Waals surface area contributed by atoms with Crippen LogP contribution in [-0.4, -0.2) is 54.8 Å². The molecule has 4 heterocycles. The van der Waals surface area contributed by atoms with Crippen LogP contribution in [0.3, 0.4) is 0 Å². The number of ether oxygens (including phenoxy) is 2. The molecule has 1 amide bonds. The molecule has 1 saturated heterocycles. The molecule has 0 bridgehead atoms. The van der Waals surface area contributed by atoms with Gasteiger partial charge in [0.25, 0.3) is 11.8 Å². The van der Waals surface area contributed by atoms with Crippen molar-refractivity contribution in [2.75, 3.05) is 30.1 Å². The van der Waals surface area contributed by atoms with Gasteiger partial charge in [0.15, 0.2) is 6.04 Å². The van der Waals surface area contributed by atoms with E-state index < -0.39 is 23.5 Å². The first-order valence-electron chi connectivity index (χ1n) is 10.5. The fraction of sp³-hybridized carbons (Fsp3) is 0.524. The van der Waals surface area contributed by atoms with Gasteiger partial charge in [0.05, 0.1) is 30.4 Å². The molecule has 2 aromatic rings. The number of methoxy groups -OCH3 is 1. The number of benzene rings is 1. The Balaban J connectivity index is 1.36. The highest BCUT2D eigenvalue weighted by Gasteiger charge is 2.52. The molecule has 3 unspecified atom stereocenters. The average Bonchev–Trinajstić information content (AvgIpc) is 3.18. The maximum atomic E-state index is 14.1. The second kappa shape index (κ2) is 6.83. The van der Waals surface area contributed by atoms with E-state index >= 15 is 0 Å². The van der Waals surface area contributed by atoms with Gasteiger partial charge in [0, 0.05) is 13.7 Å². The van der Waals surface area contributed by atoms with E-state index in [1.807, 2.05) is 0 Å². The molecule has 0 spiro atoms. The van der Waals surface area contributed by atoms with Crippen molar-refractivity contribution < 1.29 is 23.2 Å². The summed E-state index contributed by atoms with van der Waals surface area (Å²) in [6.45, 7) is 1.05. The van der Waals surface area contributed by atoms with Crippen LogP contribution in [0.4, 0.5) is 15.8 Å². The summed E-state index contributed by atoms with van der Waals surface area (Å²) < 4.78 is 30.9. The summed E-state index contributed by atoms with van der Waals surface area (Å²) in [6, 6.07) is 3.12. The molecule has 1 aromatic heterocycles. The third-order valence-electron chi connectivity index (χ3n) is 6.58. The van der Waals surface area contributed by atoms with Gasteiger partial charge in [-0.2, -0.15) is 4.98 Å². The lowest BCUT2D eigenvalue weighted by molar-refractivity contribution is -0.120. The molecule has 1 aromatic carbocycles. The van der Waals surface area contributed by atoms with E-state index in [2.05, 4.69) is 15.1 Å². The van der Waals surface area contributed by atoms with Gasteiger partial charge in [0.2, 0.25) is 5.82 Å². The van der Waals surface area contributed by atoms with Gasteiger partial charge in [0.1, 0.15) is 17.5 Å². The van der Waals surface area contributed by atoms with Crippen LogP contribution in [0.2, 0.25) is 0 Å². The third kappa shape index (κ3) is 2.89. The summed E-state index contributed by atoms with van der Waals surface area (Å²) in [5.41, 5.74) is 0.743. The second-order valence-corrected chi connectivity index (χ2v) is 8.43. The number of aliphatic imine (C=N–C) groups is 1. The summed E-state index contributed by atoms with van der Waals surface area (Å²) in [5.74, 6) is 0.174. The number of fused-ring (bicyclic) bond motifs is 3. The van der Waals surface area contributed by atoms with Crippen molar-refractivity contribution in [3.05, 3.63) is 35.7 Å². The first-order valence-corrected chi connectivity index (χ1v) is 10.5. The minimum atomic E-state index is -0.676. The number of nitrogens with zero attached hydrogens (tertiary/aromatic N) is 5. The number of rotatable bonds is 5. The number of aromatic nitrogens is 2. The highest BCUT2D eigenvalue weighted by molar-refractivity contribution is 6.11. The molecule has 9 nitrogen and oxygen atoms in total. The molecule has 1 saturated carbocycles. The van der Waals surface area contributed by atoms with Crippen LogP contribution in [0.25, 0.3) is 0 Å². The number of carbonyl (C=O) groups excluding carboxylic acids is 1. The topological polar surface area (TPSA) is 93.3 Å². The van der Waals surface area contributed by atoms with Gasteiger partial charge in [-0.3, -0.25) is 9.79 Å². The summed E-state index contributed by atoms with van der Waals surface area (Å²) in [5, 5.41) is 4.09. The zero-order valence-corrected chi connectivity index (χ0v) is 17.0. The smallest absolute Gasteiger partial charge is 0.254 e. The number of carbonyl (C=O) groups is 1. The van der Waals surface area contributed by atoms with Gasteiger partial charge < -0.3 is 23.8 Å². The molecule has 6 rings (SSSR count). The molecule has 3 atom stereocenters. The van der Waals surface area contributed by atoms with Gasteiger partial charge in [-0.05, 0) is 43.9 Å². The monoisotopic (exact) mass is 427 g/mol. The Labute approximate surface area is 177 Å². The van der Waals surface area contributed by atoms with Crippen LogP contribution in [0.1, 0.15) is 43.4 Å². The lowest BCUT2D eigenvalue weighted by atomic mass is 10.0. The Morgan fingerprint density at radius 3 is 2.94 bits per heavy atom. The first-order chi connectivity index (χ1) is 15.1. The van der Waals surface area contributed by atoms with E-state index in [9.17, 15) is 9.18 Å². The van der Waals surface area contributed by atoms with E-state index in [4.69, 9.17) is 14.0 Å². The Morgan fingerprint density at radius 2 is 2.19 bits per heavy atom. The Morgan fingerprint density at radius 1 is 1.32 bits per heavy atom. The Hall–Kier alpha value is -2.85. The zero-order valence-electron chi connectivity index (χ0n) is 17.0. The predicted molar refractivity (Wildman–Crippen MR) is 107 cm³/mol. The molecule has 3 aliphatic heterocycles. The largest absolute Gasteiger partial charge is 0.376 e. The third-order valence-corrected chi connectivity index (χ3v) is 6.58. The van der Waals surface area contributed by atoms with E-state index in [-0.39, 0.29) is 17.9 Å². The Bertz CT molecular complexity index is 1060. The fourth-order valence-corrected chi connectivity index (χ4v) is 4.68. The SMILES string of the molecule is COC1(c2noc(C3N=CN4c5ccc(F)cc5N(CC5CCCO5)C(=O)C34)n2)CC1. The number of hydrogen-bond donors (Lipinski definition) is 0. The van der Waals surface area contributed by atoms with Gasteiger partial charge in [-0.1, -0.05) is 5.16 Å². The van der Waals surface area contributed by atoms with Crippen molar-refractivity contribution >= 4 is 23.6 Å². The maximum absolute atomic E-state index is 14.1. The predicted octanol–water partition coefficient (Wildman–Crippen LogP) is 2.33. The van der Waals surface area contributed by atoms with Crippen molar-refractivity contribution in [2.24, 2.45) is 4.99 Å². The summed E-state index contributed by atoms with van der Waals surface area (Å²) in [6.07, 6.45) is 5.02. The van der Waals surface area contributed by atoms with E-state index in [0.29, 0.717) is 30.4 Å². The molecule has 162 valence electrons. The highest BCUT2D eigenvalue weighted by Crippen LogP contribution is 2.48. The minimum absolute atomic E-state index is 0.0705. The molecule has 4 aliphatic rings. The van der Waals surface area contributed by atoms with Gasteiger partial charge >= 0.3 is 0 Å². The number of amides is 1. The summed E-state index contributed by atoms with van der Waals surface area (Å²) in [7, 11) is 1.63. The van der Waals surface area contributed by atoms with Gasteiger partial charge in [-0.15, -0.1) is 0 Å². The quantitative estimate of drug-likeness (QED) is 0.723. The minimum Gasteiger partial charge on any atom is -0.376 e. The summed E-state index contributed by atoms with van der Waals surface area (Å²) in [4.78, 5) is 26.1. The van der Waals surface area contributed by atoms with Crippen LogP contribution < -0.4 is 9.80 Å². The van der Waals surface area contributed by atoms with Gasteiger partial charge in [-0.25, -0.2) is 4.39 Å². The van der Waals surface area contributed by atoms with Crippen LogP contribution in [0.5, 0.6) is 0 Å². The van der Waals surface area contributed by atoms with E-state index in [1.165, 1.54) is 12.1 Å². The number of hydrogen-bond acceptors (Lipinski definition) is 8. The number of halogens is 1. The lowest BCUT2D eigenvalue weighted by Gasteiger charge is -2.39. The molecular weight excluding hydrogens is 405 g/mol. The van der Waals surface area contributed by atoms with Crippen molar-refractivity contribution in [2.45, 2.75) is 49.5 Å². The molecule has 0 radical (unpaired) electrons. The molecule has 10 heteroatoms.